The molecule has 0 aromatic heterocycles. The average molecular weight is 288 g/mol. The first kappa shape index (κ1) is 13.9. The Balaban J connectivity index is 1.73. The fourth-order valence-electron chi connectivity index (χ4n) is 3.33. The molecule has 0 radical (unpaired) electrons. The lowest BCUT2D eigenvalue weighted by atomic mass is 9.97. The van der Waals surface area contributed by atoms with Crippen LogP contribution >= 0.6 is 0 Å². The molecule has 2 heterocycles. The van der Waals surface area contributed by atoms with Crippen molar-refractivity contribution in [3.05, 3.63) is 29.8 Å². The number of fused-ring (bicyclic) bond motifs is 1. The van der Waals surface area contributed by atoms with E-state index in [0.717, 1.165) is 12.1 Å². The van der Waals surface area contributed by atoms with E-state index in [1.54, 1.807) is 4.90 Å². The predicted octanol–water partition coefficient (Wildman–Crippen LogP) is 2.35. The third kappa shape index (κ3) is 2.48. The van der Waals surface area contributed by atoms with Gasteiger partial charge < -0.3 is 10.0 Å². The van der Waals surface area contributed by atoms with Gasteiger partial charge in [0.25, 0.3) is 0 Å². The van der Waals surface area contributed by atoms with Gasteiger partial charge in [0.05, 0.1) is 5.92 Å². The van der Waals surface area contributed by atoms with Crippen molar-refractivity contribution in [3.63, 3.8) is 0 Å². The van der Waals surface area contributed by atoms with Gasteiger partial charge >= 0.3 is 12.0 Å². The van der Waals surface area contributed by atoms with Crippen LogP contribution in [-0.4, -0.2) is 41.1 Å². The highest BCUT2D eigenvalue weighted by molar-refractivity contribution is 5.95. The van der Waals surface area contributed by atoms with E-state index in [2.05, 4.69) is 13.0 Å². The predicted molar refractivity (Wildman–Crippen MR) is 79.4 cm³/mol. The van der Waals surface area contributed by atoms with Crippen LogP contribution in [0.5, 0.6) is 0 Å². The molecule has 112 valence electrons. The summed E-state index contributed by atoms with van der Waals surface area (Å²) in [5.74, 6) is -1.06. The second-order valence-electron chi connectivity index (χ2n) is 5.93. The molecule has 1 unspecified atom stereocenters. The highest BCUT2D eigenvalue weighted by Gasteiger charge is 2.35. The third-order valence-corrected chi connectivity index (χ3v) is 4.53. The minimum atomic E-state index is -0.748. The van der Waals surface area contributed by atoms with Gasteiger partial charge in [-0.3, -0.25) is 9.69 Å². The Morgan fingerprint density at radius 1 is 1.19 bits per heavy atom. The number of likely N-dealkylation sites (tertiary alicyclic amines) is 1. The zero-order chi connectivity index (χ0) is 15.0. The summed E-state index contributed by atoms with van der Waals surface area (Å²) in [6.07, 6.45) is 1.98. The number of aliphatic carboxylic acids is 1. The normalized spacial score (nSPS) is 22.2. The Kier molecular flexibility index (Phi) is 3.57. The van der Waals surface area contributed by atoms with E-state index < -0.39 is 5.97 Å². The van der Waals surface area contributed by atoms with Gasteiger partial charge in [0.15, 0.2) is 0 Å². The van der Waals surface area contributed by atoms with E-state index >= 15 is 0 Å². The first-order valence-corrected chi connectivity index (χ1v) is 7.47. The Bertz CT molecular complexity index is 564. The lowest BCUT2D eigenvalue weighted by molar-refractivity contribution is -0.143. The molecule has 1 atom stereocenters. The number of piperidine rings is 1. The van der Waals surface area contributed by atoms with Gasteiger partial charge in [-0.05, 0) is 37.8 Å². The fraction of sp³-hybridized carbons (Fsp3) is 0.500. The van der Waals surface area contributed by atoms with Crippen molar-refractivity contribution in [1.29, 1.82) is 0 Å². The lowest BCUT2D eigenvalue weighted by Crippen LogP contribution is -2.49. The number of benzene rings is 1. The first-order chi connectivity index (χ1) is 10.1. The molecule has 1 aromatic carbocycles. The molecule has 5 heteroatoms. The van der Waals surface area contributed by atoms with Crippen LogP contribution in [0.2, 0.25) is 0 Å². The minimum Gasteiger partial charge on any atom is -0.481 e. The molecule has 0 saturated carbocycles. The van der Waals surface area contributed by atoms with Crippen molar-refractivity contribution in [2.24, 2.45) is 5.92 Å². The SMILES string of the molecule is CC1Cc2ccccc2N1C(=O)N1CCC(C(=O)O)CC1. The summed E-state index contributed by atoms with van der Waals surface area (Å²) < 4.78 is 0. The van der Waals surface area contributed by atoms with Gasteiger partial charge in [-0.25, -0.2) is 4.79 Å². The van der Waals surface area contributed by atoms with Gasteiger partial charge in [-0.1, -0.05) is 18.2 Å². The molecule has 0 spiro atoms. The van der Waals surface area contributed by atoms with E-state index in [1.165, 1.54) is 5.56 Å². The monoisotopic (exact) mass is 288 g/mol. The van der Waals surface area contributed by atoms with Crippen LogP contribution < -0.4 is 4.90 Å². The van der Waals surface area contributed by atoms with E-state index in [4.69, 9.17) is 5.11 Å². The smallest absolute Gasteiger partial charge is 0.324 e. The summed E-state index contributed by atoms with van der Waals surface area (Å²) in [6.45, 7) is 3.12. The molecule has 0 aliphatic carbocycles. The topological polar surface area (TPSA) is 60.9 Å². The van der Waals surface area contributed by atoms with Gasteiger partial charge in [0.1, 0.15) is 0 Å². The third-order valence-electron chi connectivity index (χ3n) is 4.53. The molecule has 2 amide bonds. The Labute approximate surface area is 124 Å². The highest BCUT2D eigenvalue weighted by atomic mass is 16.4. The number of carboxylic acids is 1. The van der Waals surface area contributed by atoms with Crippen LogP contribution in [0, 0.1) is 5.92 Å². The molecule has 5 nitrogen and oxygen atoms in total. The van der Waals surface area contributed by atoms with Crippen LogP contribution in [0.1, 0.15) is 25.3 Å². The van der Waals surface area contributed by atoms with Crippen LogP contribution in [-0.2, 0) is 11.2 Å². The van der Waals surface area contributed by atoms with Crippen molar-refractivity contribution in [2.75, 3.05) is 18.0 Å². The van der Waals surface area contributed by atoms with Crippen molar-refractivity contribution in [2.45, 2.75) is 32.2 Å². The van der Waals surface area contributed by atoms with E-state index in [-0.39, 0.29) is 18.0 Å². The molecule has 3 rings (SSSR count). The number of carbonyl (C=O) groups is 2. The van der Waals surface area contributed by atoms with Crippen molar-refractivity contribution in [1.82, 2.24) is 4.90 Å². The molecular weight excluding hydrogens is 268 g/mol. The number of amides is 2. The standard InChI is InChI=1S/C16H20N2O3/c1-11-10-13-4-2-3-5-14(13)18(11)16(21)17-8-6-12(7-9-17)15(19)20/h2-5,11-12H,6-10H2,1H3,(H,19,20). The number of para-hydroxylation sites is 1. The Morgan fingerprint density at radius 2 is 1.86 bits per heavy atom. The van der Waals surface area contributed by atoms with E-state index in [0.29, 0.717) is 25.9 Å². The van der Waals surface area contributed by atoms with Gasteiger partial charge in [-0.15, -0.1) is 0 Å². The van der Waals surface area contributed by atoms with Gasteiger partial charge in [0.2, 0.25) is 0 Å². The molecule has 2 aliphatic heterocycles. The summed E-state index contributed by atoms with van der Waals surface area (Å²) in [7, 11) is 0. The molecule has 0 bridgehead atoms. The van der Waals surface area contributed by atoms with Crippen molar-refractivity contribution >= 4 is 17.7 Å². The number of hydrogen-bond acceptors (Lipinski definition) is 2. The Morgan fingerprint density at radius 3 is 2.52 bits per heavy atom. The van der Waals surface area contributed by atoms with Gasteiger partial charge in [-0.2, -0.15) is 0 Å². The van der Waals surface area contributed by atoms with Crippen LogP contribution in [0.15, 0.2) is 24.3 Å². The van der Waals surface area contributed by atoms with Crippen LogP contribution in [0.4, 0.5) is 10.5 Å². The summed E-state index contributed by atoms with van der Waals surface area (Å²) in [5.41, 5.74) is 2.20. The summed E-state index contributed by atoms with van der Waals surface area (Å²) in [4.78, 5) is 27.4. The van der Waals surface area contributed by atoms with Crippen LogP contribution in [0.25, 0.3) is 0 Å². The van der Waals surface area contributed by atoms with Crippen LogP contribution in [0.3, 0.4) is 0 Å². The number of anilines is 1. The quantitative estimate of drug-likeness (QED) is 0.863. The zero-order valence-corrected chi connectivity index (χ0v) is 12.2. The summed E-state index contributed by atoms with van der Waals surface area (Å²) >= 11 is 0. The molecule has 21 heavy (non-hydrogen) atoms. The number of carbonyl (C=O) groups excluding carboxylic acids is 1. The summed E-state index contributed by atoms with van der Waals surface area (Å²) in [5, 5.41) is 9.03. The first-order valence-electron chi connectivity index (χ1n) is 7.47. The second kappa shape index (κ2) is 5.39. The molecule has 1 N–H and O–H groups in total. The maximum atomic E-state index is 12.8. The minimum absolute atomic E-state index is 0.0105. The van der Waals surface area contributed by atoms with Crippen molar-refractivity contribution in [3.8, 4) is 0 Å². The zero-order valence-electron chi connectivity index (χ0n) is 12.2. The molecular formula is C16H20N2O3. The fourth-order valence-corrected chi connectivity index (χ4v) is 3.33. The van der Waals surface area contributed by atoms with Gasteiger partial charge in [0, 0.05) is 24.8 Å². The van der Waals surface area contributed by atoms with Crippen molar-refractivity contribution < 1.29 is 14.7 Å². The maximum absolute atomic E-state index is 12.8. The molecule has 1 saturated heterocycles. The average Bonchev–Trinajstić information content (AvgIpc) is 2.82. The lowest BCUT2D eigenvalue weighted by Gasteiger charge is -2.35. The maximum Gasteiger partial charge on any atom is 0.324 e. The number of carboxylic acid groups (broad SMARTS) is 1. The van der Waals surface area contributed by atoms with E-state index in [9.17, 15) is 9.59 Å². The highest BCUT2D eigenvalue weighted by Crippen LogP contribution is 2.33. The van der Waals surface area contributed by atoms with E-state index in [1.807, 2.05) is 23.1 Å². The largest absolute Gasteiger partial charge is 0.481 e. The number of hydrogen-bond donors (Lipinski definition) is 1. The number of rotatable bonds is 1. The molecule has 1 aromatic rings. The molecule has 1 fully saturated rings. The Hall–Kier alpha value is -2.04. The second-order valence-corrected chi connectivity index (χ2v) is 5.93. The number of nitrogens with zero attached hydrogens (tertiary/aromatic N) is 2. The summed E-state index contributed by atoms with van der Waals surface area (Å²) in [6, 6.07) is 8.17. The molecule has 2 aliphatic rings. The number of urea groups is 1.